The Hall–Kier alpha value is -3.52. The van der Waals surface area contributed by atoms with Crippen LogP contribution in [0.4, 0.5) is 5.69 Å². The van der Waals surface area contributed by atoms with Crippen LogP contribution in [-0.2, 0) is 22.5 Å². The highest BCUT2D eigenvalue weighted by Crippen LogP contribution is 2.31. The van der Waals surface area contributed by atoms with Gasteiger partial charge in [0.05, 0.1) is 33.3 Å². The topological polar surface area (TPSA) is 115 Å². The second kappa shape index (κ2) is 9.09. The van der Waals surface area contributed by atoms with E-state index in [1.165, 1.54) is 7.11 Å². The van der Waals surface area contributed by atoms with E-state index in [1.54, 1.807) is 40.2 Å². The van der Waals surface area contributed by atoms with Crippen LogP contribution in [0.15, 0.2) is 33.5 Å². The molecule has 0 aliphatic carbocycles. The zero-order chi connectivity index (χ0) is 22.7. The molecule has 3 aromatic rings. The summed E-state index contributed by atoms with van der Waals surface area (Å²) in [5, 5.41) is 15.4. The molecule has 0 atom stereocenters. The first-order chi connectivity index (χ1) is 14.8. The minimum absolute atomic E-state index is 0.188. The van der Waals surface area contributed by atoms with Gasteiger partial charge in [0.25, 0.3) is 0 Å². The molecule has 1 aromatic heterocycles. The second-order valence-corrected chi connectivity index (χ2v) is 7.14. The Labute approximate surface area is 179 Å². The summed E-state index contributed by atoms with van der Waals surface area (Å²) in [7, 11) is 4.39. The zero-order valence-electron chi connectivity index (χ0n) is 18.2. The fraction of sp³-hybridized carbons (Fsp3) is 0.304. The Morgan fingerprint density at radius 1 is 1.06 bits per heavy atom. The van der Waals surface area contributed by atoms with Gasteiger partial charge in [-0.25, -0.2) is 4.79 Å². The summed E-state index contributed by atoms with van der Waals surface area (Å²) in [6.45, 7) is 3.74. The minimum atomic E-state index is -0.637. The van der Waals surface area contributed by atoms with Crippen molar-refractivity contribution in [2.24, 2.45) is 0 Å². The lowest BCUT2D eigenvalue weighted by Gasteiger charge is -2.19. The summed E-state index contributed by atoms with van der Waals surface area (Å²) in [6, 6.07) is 7.22. The maximum Gasteiger partial charge on any atom is 0.340 e. The first-order valence-electron chi connectivity index (χ1n) is 9.68. The SMILES string of the molecule is COC(=O)Cc1c(C)c2cc(C[NH2+]c3ccc(OC)c(OC)c3)c([O-])c(C)c2oc1=O. The molecule has 0 amide bonds. The van der Waals surface area contributed by atoms with Crippen molar-refractivity contribution in [2.45, 2.75) is 26.8 Å². The van der Waals surface area contributed by atoms with Gasteiger partial charge < -0.3 is 29.1 Å². The number of esters is 1. The largest absolute Gasteiger partial charge is 0.872 e. The number of hydrogen-bond acceptors (Lipinski definition) is 7. The highest BCUT2D eigenvalue weighted by Gasteiger charge is 2.18. The van der Waals surface area contributed by atoms with Crippen LogP contribution in [-0.4, -0.2) is 27.3 Å². The fourth-order valence-corrected chi connectivity index (χ4v) is 3.51. The van der Waals surface area contributed by atoms with Gasteiger partial charge in [-0.2, -0.15) is 0 Å². The molecular weight excluding hydrogens is 402 g/mol. The monoisotopic (exact) mass is 427 g/mol. The number of methoxy groups -OCH3 is 3. The third-order valence-electron chi connectivity index (χ3n) is 5.35. The van der Waals surface area contributed by atoms with Crippen molar-refractivity contribution in [3.63, 3.8) is 0 Å². The van der Waals surface area contributed by atoms with E-state index in [2.05, 4.69) is 4.74 Å². The summed E-state index contributed by atoms with van der Waals surface area (Å²) in [4.78, 5) is 24.1. The van der Waals surface area contributed by atoms with Gasteiger partial charge in [0.2, 0.25) is 0 Å². The average Bonchev–Trinajstić information content (AvgIpc) is 2.78. The molecule has 3 rings (SSSR count). The van der Waals surface area contributed by atoms with Gasteiger partial charge in [0.1, 0.15) is 17.8 Å². The summed E-state index contributed by atoms with van der Waals surface area (Å²) in [5.74, 6) is 0.495. The molecule has 1 heterocycles. The van der Waals surface area contributed by atoms with Crippen LogP contribution in [0.1, 0.15) is 22.3 Å². The standard InChI is InChI=1S/C23H25NO7/c1-12-16-8-14(11-24-15-6-7-18(28-3)19(9-15)29-4)21(26)13(2)22(16)31-23(27)17(12)10-20(25)30-5/h6-9,24,26H,10-11H2,1-5H3. The average molecular weight is 427 g/mol. The Balaban J connectivity index is 2.00. The number of hydrogen-bond donors (Lipinski definition) is 1. The normalized spacial score (nSPS) is 10.9. The fourth-order valence-electron chi connectivity index (χ4n) is 3.51. The highest BCUT2D eigenvalue weighted by atomic mass is 16.5. The molecule has 0 aliphatic rings. The number of ether oxygens (including phenoxy) is 3. The van der Waals surface area contributed by atoms with Crippen molar-refractivity contribution in [3.8, 4) is 17.2 Å². The Morgan fingerprint density at radius 2 is 1.77 bits per heavy atom. The van der Waals surface area contributed by atoms with Gasteiger partial charge in [0, 0.05) is 17.5 Å². The number of rotatable bonds is 7. The number of carbonyl (C=O) groups excluding carboxylic acids is 1. The Kier molecular flexibility index (Phi) is 6.50. The second-order valence-electron chi connectivity index (χ2n) is 7.14. The van der Waals surface area contributed by atoms with Crippen LogP contribution in [0.5, 0.6) is 17.2 Å². The van der Waals surface area contributed by atoms with E-state index >= 15 is 0 Å². The quantitative estimate of drug-likeness (QED) is 0.346. The van der Waals surface area contributed by atoms with E-state index in [4.69, 9.17) is 13.9 Å². The summed E-state index contributed by atoms with van der Waals surface area (Å²) in [5.41, 5.74) is 2.23. The highest BCUT2D eigenvalue weighted by molar-refractivity contribution is 5.87. The lowest BCUT2D eigenvalue weighted by Crippen LogP contribution is -2.76. The summed E-state index contributed by atoms with van der Waals surface area (Å²) >= 11 is 0. The molecule has 8 nitrogen and oxygen atoms in total. The molecule has 0 spiro atoms. The van der Waals surface area contributed by atoms with Crippen molar-refractivity contribution < 1.29 is 33.8 Å². The lowest BCUT2D eigenvalue weighted by atomic mass is 9.98. The van der Waals surface area contributed by atoms with Crippen molar-refractivity contribution in [1.82, 2.24) is 0 Å². The predicted octanol–water partition coefficient (Wildman–Crippen LogP) is 1.61. The minimum Gasteiger partial charge on any atom is -0.872 e. The predicted molar refractivity (Wildman–Crippen MR) is 112 cm³/mol. The number of aryl methyl sites for hydroxylation is 2. The zero-order valence-corrected chi connectivity index (χ0v) is 18.2. The van der Waals surface area contributed by atoms with Gasteiger partial charge >= 0.3 is 11.6 Å². The van der Waals surface area contributed by atoms with Crippen LogP contribution in [0.2, 0.25) is 0 Å². The molecule has 2 aromatic carbocycles. The van der Waals surface area contributed by atoms with Crippen LogP contribution in [0.25, 0.3) is 11.0 Å². The third kappa shape index (κ3) is 4.34. The van der Waals surface area contributed by atoms with Crippen LogP contribution >= 0.6 is 0 Å². The van der Waals surface area contributed by atoms with Gasteiger partial charge in [-0.1, -0.05) is 5.75 Å². The van der Waals surface area contributed by atoms with Crippen LogP contribution in [0, 0.1) is 13.8 Å². The number of fused-ring (bicyclic) bond motifs is 1. The molecule has 0 aliphatic heterocycles. The maximum atomic E-state index is 12.9. The Bertz CT molecular complexity index is 1200. The van der Waals surface area contributed by atoms with Crippen molar-refractivity contribution in [2.75, 3.05) is 21.3 Å². The number of quaternary nitrogens is 1. The van der Waals surface area contributed by atoms with Gasteiger partial charge in [0.15, 0.2) is 11.5 Å². The van der Waals surface area contributed by atoms with E-state index in [0.29, 0.717) is 40.1 Å². The third-order valence-corrected chi connectivity index (χ3v) is 5.35. The molecule has 2 N–H and O–H groups in total. The molecular formula is C23H25NO7. The van der Waals surface area contributed by atoms with Gasteiger partial charge in [-0.05, 0) is 42.7 Å². The Morgan fingerprint density at radius 3 is 2.42 bits per heavy atom. The van der Waals surface area contributed by atoms with E-state index < -0.39 is 11.6 Å². The van der Waals surface area contributed by atoms with Crippen molar-refractivity contribution >= 4 is 22.6 Å². The number of nitrogens with two attached hydrogens (primary N) is 1. The first-order valence-corrected chi connectivity index (χ1v) is 9.68. The van der Waals surface area contributed by atoms with Crippen molar-refractivity contribution in [3.05, 3.63) is 56.9 Å². The smallest absolute Gasteiger partial charge is 0.340 e. The molecule has 0 bridgehead atoms. The molecule has 0 saturated heterocycles. The number of carbonyl (C=O) groups is 1. The van der Waals surface area contributed by atoms with E-state index in [-0.39, 0.29) is 23.3 Å². The molecule has 31 heavy (non-hydrogen) atoms. The van der Waals surface area contributed by atoms with Gasteiger partial charge in [-0.15, -0.1) is 0 Å². The maximum absolute atomic E-state index is 12.9. The van der Waals surface area contributed by atoms with E-state index in [9.17, 15) is 14.7 Å². The molecule has 0 unspecified atom stereocenters. The molecule has 164 valence electrons. The molecule has 0 saturated carbocycles. The van der Waals surface area contributed by atoms with Crippen molar-refractivity contribution in [1.29, 1.82) is 0 Å². The molecule has 8 heteroatoms. The lowest BCUT2D eigenvalue weighted by molar-refractivity contribution is -0.589. The van der Waals surface area contributed by atoms with Crippen LogP contribution < -0.4 is 25.5 Å². The molecule has 0 fully saturated rings. The van der Waals surface area contributed by atoms with Gasteiger partial charge in [-0.3, -0.25) is 4.79 Å². The summed E-state index contributed by atoms with van der Waals surface area (Å²) < 4.78 is 20.6. The van der Waals surface area contributed by atoms with E-state index in [1.807, 2.05) is 17.4 Å². The van der Waals surface area contributed by atoms with Crippen LogP contribution in [0.3, 0.4) is 0 Å². The van der Waals surface area contributed by atoms with E-state index in [0.717, 1.165) is 5.69 Å². The first kappa shape index (κ1) is 22.2. The molecule has 0 radical (unpaired) electrons. The number of benzene rings is 2. The summed E-state index contributed by atoms with van der Waals surface area (Å²) in [6.07, 6.45) is -0.189.